The van der Waals surface area contributed by atoms with Crippen LogP contribution in [-0.2, 0) is 9.53 Å². The first kappa shape index (κ1) is 21.8. The smallest absolute Gasteiger partial charge is 0.149 e. The van der Waals surface area contributed by atoms with Crippen LogP contribution in [0, 0.1) is 5.41 Å². The van der Waals surface area contributed by atoms with Crippen LogP contribution < -0.4 is 5.32 Å². The van der Waals surface area contributed by atoms with Crippen molar-refractivity contribution >= 4 is 6.29 Å². The Labute approximate surface area is 107 Å². The summed E-state index contributed by atoms with van der Waals surface area (Å²) in [6.07, 6.45) is 0.822. The summed E-state index contributed by atoms with van der Waals surface area (Å²) in [5.74, 6) is 0. The molecule has 0 aliphatic heterocycles. The van der Waals surface area contributed by atoms with Crippen molar-refractivity contribution in [3.05, 3.63) is 0 Å². The highest BCUT2D eigenvalue weighted by molar-refractivity contribution is 5.57. The maximum absolute atomic E-state index is 10.1. The summed E-state index contributed by atoms with van der Waals surface area (Å²) in [4.78, 5) is 10.1. The number of rotatable bonds is 6. The molecule has 2 N–H and O–H groups in total. The van der Waals surface area contributed by atoms with Crippen LogP contribution in [0.25, 0.3) is 0 Å². The van der Waals surface area contributed by atoms with Crippen molar-refractivity contribution in [1.82, 2.24) is 5.32 Å². The van der Waals surface area contributed by atoms with Gasteiger partial charge in [0.1, 0.15) is 12.4 Å². The SMILES string of the molecule is CC.CCCNC.COCC(C)(C)C(O)C=O. The Morgan fingerprint density at radius 1 is 1.41 bits per heavy atom. The zero-order valence-corrected chi connectivity index (χ0v) is 12.5. The van der Waals surface area contributed by atoms with Crippen molar-refractivity contribution in [1.29, 1.82) is 0 Å². The van der Waals surface area contributed by atoms with Crippen LogP contribution in [0.5, 0.6) is 0 Å². The van der Waals surface area contributed by atoms with Crippen molar-refractivity contribution in [2.75, 3.05) is 27.3 Å². The first-order chi connectivity index (χ1) is 7.96. The molecular weight excluding hydrogens is 218 g/mol. The number of carbonyl (C=O) groups is 1. The van der Waals surface area contributed by atoms with Crippen molar-refractivity contribution in [2.24, 2.45) is 5.41 Å². The molecule has 0 fully saturated rings. The molecule has 0 aromatic heterocycles. The molecule has 1 unspecified atom stereocenters. The van der Waals surface area contributed by atoms with E-state index in [4.69, 9.17) is 9.84 Å². The van der Waals surface area contributed by atoms with E-state index in [1.807, 2.05) is 20.9 Å². The number of hydrogen-bond donors (Lipinski definition) is 2. The lowest BCUT2D eigenvalue weighted by molar-refractivity contribution is -0.122. The third-order valence-corrected chi connectivity index (χ3v) is 1.95. The van der Waals surface area contributed by atoms with Gasteiger partial charge in [-0.3, -0.25) is 0 Å². The quantitative estimate of drug-likeness (QED) is 0.706. The summed E-state index contributed by atoms with van der Waals surface area (Å²) >= 11 is 0. The standard InChI is InChI=1S/C7H14O3.C4H11N.C2H6/c1-7(2,5-10-3)6(9)4-8;1-3-4-5-2;1-2/h4,6,9H,5H2,1-3H3;5H,3-4H2,1-2H3;1-2H3. The summed E-state index contributed by atoms with van der Waals surface area (Å²) < 4.78 is 4.81. The van der Waals surface area contributed by atoms with Gasteiger partial charge in [-0.2, -0.15) is 0 Å². The van der Waals surface area contributed by atoms with E-state index in [9.17, 15) is 4.79 Å². The molecule has 0 bridgehead atoms. The average Bonchev–Trinajstić information content (AvgIpc) is 2.32. The Morgan fingerprint density at radius 2 is 1.88 bits per heavy atom. The van der Waals surface area contributed by atoms with Crippen LogP contribution in [0.4, 0.5) is 0 Å². The van der Waals surface area contributed by atoms with Crippen LogP contribution in [-0.4, -0.2) is 44.8 Å². The fraction of sp³-hybridized carbons (Fsp3) is 0.923. The van der Waals surface area contributed by atoms with Gasteiger partial charge in [0.25, 0.3) is 0 Å². The molecule has 0 saturated heterocycles. The summed E-state index contributed by atoms with van der Waals surface area (Å²) in [6.45, 7) is 11.2. The third-order valence-electron chi connectivity index (χ3n) is 1.95. The van der Waals surface area contributed by atoms with Gasteiger partial charge in [-0.05, 0) is 20.0 Å². The van der Waals surface area contributed by atoms with Gasteiger partial charge in [-0.15, -0.1) is 0 Å². The van der Waals surface area contributed by atoms with E-state index in [0.717, 1.165) is 6.54 Å². The minimum Gasteiger partial charge on any atom is -0.385 e. The molecule has 0 amide bonds. The number of aliphatic hydroxyl groups excluding tert-OH is 1. The van der Waals surface area contributed by atoms with Gasteiger partial charge in [0, 0.05) is 12.5 Å². The molecule has 0 rings (SSSR count). The second-order valence-electron chi connectivity index (χ2n) is 4.11. The van der Waals surface area contributed by atoms with Gasteiger partial charge in [0.15, 0.2) is 0 Å². The lowest BCUT2D eigenvalue weighted by atomic mass is 9.88. The van der Waals surface area contributed by atoms with Gasteiger partial charge in [0.2, 0.25) is 0 Å². The molecule has 0 aliphatic rings. The maximum Gasteiger partial charge on any atom is 0.149 e. The maximum atomic E-state index is 10.1. The number of hydrogen-bond acceptors (Lipinski definition) is 4. The molecule has 17 heavy (non-hydrogen) atoms. The highest BCUT2D eigenvalue weighted by Gasteiger charge is 2.26. The predicted octanol–water partition coefficient (Wildman–Crippen LogP) is 1.86. The monoisotopic (exact) mass is 249 g/mol. The molecule has 0 aromatic rings. The van der Waals surface area contributed by atoms with Crippen molar-refractivity contribution in [2.45, 2.75) is 47.1 Å². The van der Waals surface area contributed by atoms with E-state index in [1.165, 1.54) is 6.42 Å². The van der Waals surface area contributed by atoms with Crippen molar-refractivity contribution in [3.8, 4) is 0 Å². The fourth-order valence-electron chi connectivity index (χ4n) is 0.892. The zero-order valence-electron chi connectivity index (χ0n) is 12.5. The van der Waals surface area contributed by atoms with Crippen LogP contribution in [0.1, 0.15) is 41.0 Å². The van der Waals surface area contributed by atoms with Gasteiger partial charge in [-0.1, -0.05) is 34.6 Å². The van der Waals surface area contributed by atoms with Crippen molar-refractivity contribution in [3.63, 3.8) is 0 Å². The number of methoxy groups -OCH3 is 1. The van der Waals surface area contributed by atoms with Gasteiger partial charge in [-0.25, -0.2) is 0 Å². The van der Waals surface area contributed by atoms with Crippen LogP contribution >= 0.6 is 0 Å². The topological polar surface area (TPSA) is 58.6 Å². The third kappa shape index (κ3) is 15.5. The van der Waals surface area contributed by atoms with Crippen LogP contribution in [0.15, 0.2) is 0 Å². The summed E-state index contributed by atoms with van der Waals surface area (Å²) in [5.41, 5.74) is -0.476. The van der Waals surface area contributed by atoms with E-state index in [1.54, 1.807) is 21.0 Å². The Balaban J connectivity index is -0.000000236. The van der Waals surface area contributed by atoms with Crippen LogP contribution in [0.2, 0.25) is 0 Å². The van der Waals surface area contributed by atoms with E-state index in [0.29, 0.717) is 12.9 Å². The molecule has 0 radical (unpaired) electrons. The summed E-state index contributed by atoms with van der Waals surface area (Å²) in [6, 6.07) is 0. The fourth-order valence-corrected chi connectivity index (χ4v) is 0.892. The van der Waals surface area contributed by atoms with E-state index in [-0.39, 0.29) is 0 Å². The molecule has 4 heteroatoms. The first-order valence-corrected chi connectivity index (χ1v) is 6.23. The van der Waals surface area contributed by atoms with E-state index in [2.05, 4.69) is 12.2 Å². The molecule has 0 spiro atoms. The first-order valence-electron chi connectivity index (χ1n) is 6.23. The number of nitrogens with one attached hydrogen (secondary N) is 1. The minimum atomic E-state index is -0.938. The van der Waals surface area contributed by atoms with Gasteiger partial charge < -0.3 is 20.0 Å². The molecule has 0 heterocycles. The zero-order chi connectivity index (χ0) is 14.3. The predicted molar refractivity (Wildman–Crippen MR) is 73.3 cm³/mol. The molecule has 1 atom stereocenters. The number of ether oxygens (including phenoxy) is 1. The van der Waals surface area contributed by atoms with E-state index < -0.39 is 11.5 Å². The Morgan fingerprint density at radius 3 is 2.06 bits per heavy atom. The molecular formula is C13H31NO3. The second-order valence-corrected chi connectivity index (χ2v) is 4.11. The lowest BCUT2D eigenvalue weighted by Gasteiger charge is -2.25. The minimum absolute atomic E-state index is 0.382. The van der Waals surface area contributed by atoms with E-state index >= 15 is 0 Å². The molecule has 0 aliphatic carbocycles. The molecule has 106 valence electrons. The van der Waals surface area contributed by atoms with Crippen LogP contribution in [0.3, 0.4) is 0 Å². The highest BCUT2D eigenvalue weighted by atomic mass is 16.5. The average molecular weight is 249 g/mol. The number of carbonyl (C=O) groups excluding carboxylic acids is 1. The summed E-state index contributed by atoms with van der Waals surface area (Å²) in [5, 5.41) is 12.1. The molecule has 4 nitrogen and oxygen atoms in total. The second kappa shape index (κ2) is 15.6. The highest BCUT2D eigenvalue weighted by Crippen LogP contribution is 2.18. The molecule has 0 saturated carbocycles. The molecule has 0 aromatic carbocycles. The Kier molecular flexibility index (Phi) is 19.9. The van der Waals surface area contributed by atoms with Gasteiger partial charge in [0.05, 0.1) is 6.61 Å². The normalized spacial score (nSPS) is 11.5. The summed E-state index contributed by atoms with van der Waals surface area (Å²) in [7, 11) is 3.50. The van der Waals surface area contributed by atoms with Gasteiger partial charge >= 0.3 is 0 Å². The Hall–Kier alpha value is -0.450. The number of aldehydes is 1. The number of aliphatic hydroxyl groups is 1. The largest absolute Gasteiger partial charge is 0.385 e. The Bertz CT molecular complexity index is 148. The lowest BCUT2D eigenvalue weighted by Crippen LogP contribution is -2.34. The van der Waals surface area contributed by atoms with Crippen molar-refractivity contribution < 1.29 is 14.6 Å².